The van der Waals surface area contributed by atoms with Crippen LogP contribution in [0.3, 0.4) is 0 Å². The summed E-state index contributed by atoms with van der Waals surface area (Å²) in [6.45, 7) is 0.704. The summed E-state index contributed by atoms with van der Waals surface area (Å²) in [6, 6.07) is 0. The minimum atomic E-state index is -1.64. The molecule has 0 spiro atoms. The molecule has 1 saturated carbocycles. The molecule has 2 rings (SSSR count). The molecule has 0 atom stereocenters. The fraction of sp³-hybridized carbons (Fsp3) is 0.867. The summed E-state index contributed by atoms with van der Waals surface area (Å²) in [5.41, 5.74) is -1.64. The fourth-order valence-electron chi connectivity index (χ4n) is 3.34. The normalized spacial score (nSPS) is 22.9. The molecule has 1 amide bonds. The Morgan fingerprint density at radius 3 is 2.30 bits per heavy atom. The quantitative estimate of drug-likeness (QED) is 0.806. The fourth-order valence-corrected chi connectivity index (χ4v) is 3.34. The highest BCUT2D eigenvalue weighted by Crippen LogP contribution is 2.29. The van der Waals surface area contributed by atoms with Crippen molar-refractivity contribution < 1.29 is 19.8 Å². The van der Waals surface area contributed by atoms with Crippen molar-refractivity contribution in [2.24, 2.45) is 5.92 Å². The van der Waals surface area contributed by atoms with Gasteiger partial charge in [-0.25, -0.2) is 4.79 Å². The predicted molar refractivity (Wildman–Crippen MR) is 74.2 cm³/mol. The van der Waals surface area contributed by atoms with Crippen LogP contribution in [0.5, 0.6) is 0 Å². The highest BCUT2D eigenvalue weighted by Gasteiger charge is 2.40. The van der Waals surface area contributed by atoms with Gasteiger partial charge in [-0.1, -0.05) is 25.7 Å². The number of carboxylic acids is 1. The number of nitrogens with zero attached hydrogens (tertiary/aromatic N) is 1. The molecule has 5 heteroatoms. The Kier molecular flexibility index (Phi) is 5.02. The third kappa shape index (κ3) is 3.72. The zero-order chi connectivity index (χ0) is 14.6. The van der Waals surface area contributed by atoms with Crippen LogP contribution in [0.2, 0.25) is 0 Å². The van der Waals surface area contributed by atoms with Gasteiger partial charge in [0.15, 0.2) is 5.60 Å². The summed E-state index contributed by atoms with van der Waals surface area (Å²) in [4.78, 5) is 24.7. The Morgan fingerprint density at radius 2 is 1.75 bits per heavy atom. The van der Waals surface area contributed by atoms with E-state index < -0.39 is 11.6 Å². The summed E-state index contributed by atoms with van der Waals surface area (Å²) in [5, 5.41) is 18.8. The van der Waals surface area contributed by atoms with Gasteiger partial charge >= 0.3 is 5.97 Å². The maximum atomic E-state index is 12.0. The van der Waals surface area contributed by atoms with E-state index >= 15 is 0 Å². The first-order chi connectivity index (χ1) is 9.51. The van der Waals surface area contributed by atoms with Crippen LogP contribution in [-0.2, 0) is 9.59 Å². The van der Waals surface area contributed by atoms with E-state index in [0.717, 1.165) is 18.8 Å². The molecule has 2 aliphatic rings. The molecule has 0 bridgehead atoms. The Balaban J connectivity index is 1.67. The third-order valence-electron chi connectivity index (χ3n) is 4.82. The molecule has 0 aromatic rings. The van der Waals surface area contributed by atoms with Crippen LogP contribution in [0.25, 0.3) is 0 Å². The van der Waals surface area contributed by atoms with Gasteiger partial charge in [0.1, 0.15) is 0 Å². The molecule has 1 aliphatic heterocycles. The summed E-state index contributed by atoms with van der Waals surface area (Å²) >= 11 is 0. The molecule has 0 unspecified atom stereocenters. The van der Waals surface area contributed by atoms with E-state index in [1.165, 1.54) is 25.7 Å². The summed E-state index contributed by atoms with van der Waals surface area (Å²) in [5.74, 6) is -0.262. The summed E-state index contributed by atoms with van der Waals surface area (Å²) in [7, 11) is 0. The zero-order valence-electron chi connectivity index (χ0n) is 12.0. The first kappa shape index (κ1) is 15.3. The van der Waals surface area contributed by atoms with Crippen molar-refractivity contribution >= 4 is 11.9 Å². The minimum absolute atomic E-state index is 0.107. The Morgan fingerprint density at radius 1 is 1.15 bits per heavy atom. The maximum absolute atomic E-state index is 12.0. The molecule has 0 aromatic heterocycles. The number of carbonyl (C=O) groups is 2. The molecule has 2 fully saturated rings. The number of amides is 1. The molecule has 1 aliphatic carbocycles. The second-order valence-electron chi connectivity index (χ2n) is 6.26. The van der Waals surface area contributed by atoms with Gasteiger partial charge < -0.3 is 15.1 Å². The average molecular weight is 283 g/mol. The number of aliphatic hydroxyl groups is 1. The van der Waals surface area contributed by atoms with E-state index in [-0.39, 0.29) is 18.7 Å². The maximum Gasteiger partial charge on any atom is 0.335 e. The van der Waals surface area contributed by atoms with Gasteiger partial charge in [-0.05, 0) is 18.8 Å². The van der Waals surface area contributed by atoms with E-state index in [0.29, 0.717) is 19.5 Å². The van der Waals surface area contributed by atoms with Crippen LogP contribution < -0.4 is 0 Å². The van der Waals surface area contributed by atoms with Crippen molar-refractivity contribution in [3.63, 3.8) is 0 Å². The number of carbonyl (C=O) groups excluding carboxylic acids is 1. The number of hydrogen-bond donors (Lipinski definition) is 2. The molecule has 0 aromatic carbocycles. The van der Waals surface area contributed by atoms with Crippen LogP contribution >= 0.6 is 0 Å². The standard InChI is InChI=1S/C15H25NO4/c17-13(7-3-6-12-4-1-2-5-12)16-10-8-15(20,9-11-16)14(18)19/h12,20H,1-11H2,(H,18,19). The molecular weight excluding hydrogens is 258 g/mol. The van der Waals surface area contributed by atoms with Crippen molar-refractivity contribution in [2.75, 3.05) is 13.1 Å². The SMILES string of the molecule is O=C(CCCC1CCCC1)N1CCC(O)(C(=O)O)CC1. The number of likely N-dealkylation sites (tertiary alicyclic amines) is 1. The number of carboxylic acid groups (broad SMARTS) is 1. The second kappa shape index (κ2) is 6.57. The monoisotopic (exact) mass is 283 g/mol. The number of piperidine rings is 1. The number of aliphatic carboxylic acids is 1. The highest BCUT2D eigenvalue weighted by atomic mass is 16.4. The largest absolute Gasteiger partial charge is 0.479 e. The van der Waals surface area contributed by atoms with E-state index in [1.54, 1.807) is 4.90 Å². The first-order valence-corrected chi connectivity index (χ1v) is 7.75. The molecule has 1 saturated heterocycles. The molecule has 20 heavy (non-hydrogen) atoms. The second-order valence-corrected chi connectivity index (χ2v) is 6.26. The van der Waals surface area contributed by atoms with Crippen molar-refractivity contribution in [3.8, 4) is 0 Å². The van der Waals surface area contributed by atoms with Crippen LogP contribution in [0.1, 0.15) is 57.8 Å². The van der Waals surface area contributed by atoms with Gasteiger partial charge in [0.2, 0.25) is 5.91 Å². The molecule has 5 nitrogen and oxygen atoms in total. The third-order valence-corrected chi connectivity index (χ3v) is 4.82. The lowest BCUT2D eigenvalue weighted by Gasteiger charge is -2.35. The lowest BCUT2D eigenvalue weighted by atomic mass is 9.91. The Bertz CT molecular complexity index is 355. The molecule has 1 heterocycles. The van der Waals surface area contributed by atoms with Crippen molar-refractivity contribution in [1.29, 1.82) is 0 Å². The van der Waals surface area contributed by atoms with E-state index in [1.807, 2.05) is 0 Å². The molecule has 0 radical (unpaired) electrons. The van der Waals surface area contributed by atoms with Gasteiger partial charge in [0.25, 0.3) is 0 Å². The van der Waals surface area contributed by atoms with Gasteiger partial charge in [0, 0.05) is 32.4 Å². The minimum Gasteiger partial charge on any atom is -0.479 e. The number of rotatable bonds is 5. The zero-order valence-corrected chi connectivity index (χ0v) is 12.0. The van der Waals surface area contributed by atoms with Crippen molar-refractivity contribution in [3.05, 3.63) is 0 Å². The van der Waals surface area contributed by atoms with E-state index in [2.05, 4.69) is 0 Å². The predicted octanol–water partition coefficient (Wildman–Crippen LogP) is 1.79. The summed E-state index contributed by atoms with van der Waals surface area (Å²) < 4.78 is 0. The lowest BCUT2D eigenvalue weighted by Crippen LogP contribution is -2.50. The average Bonchev–Trinajstić information content (AvgIpc) is 2.92. The van der Waals surface area contributed by atoms with Crippen LogP contribution in [0.15, 0.2) is 0 Å². The van der Waals surface area contributed by atoms with Gasteiger partial charge in [0.05, 0.1) is 0 Å². The number of hydrogen-bond acceptors (Lipinski definition) is 3. The van der Waals surface area contributed by atoms with Gasteiger partial charge in [-0.15, -0.1) is 0 Å². The molecule has 114 valence electrons. The Labute approximate surface area is 120 Å². The van der Waals surface area contributed by atoms with Gasteiger partial charge in [-0.3, -0.25) is 4.79 Å². The Hall–Kier alpha value is -1.10. The highest BCUT2D eigenvalue weighted by molar-refractivity contribution is 5.79. The lowest BCUT2D eigenvalue weighted by molar-refractivity contribution is -0.165. The topological polar surface area (TPSA) is 77.8 Å². The molecule has 2 N–H and O–H groups in total. The van der Waals surface area contributed by atoms with Gasteiger partial charge in [-0.2, -0.15) is 0 Å². The van der Waals surface area contributed by atoms with Crippen molar-refractivity contribution in [1.82, 2.24) is 4.90 Å². The van der Waals surface area contributed by atoms with Crippen LogP contribution in [-0.4, -0.2) is 45.7 Å². The summed E-state index contributed by atoms with van der Waals surface area (Å²) in [6.07, 6.45) is 8.18. The smallest absolute Gasteiger partial charge is 0.335 e. The first-order valence-electron chi connectivity index (χ1n) is 7.75. The van der Waals surface area contributed by atoms with Crippen molar-refractivity contribution in [2.45, 2.75) is 63.4 Å². The molecular formula is C15H25NO4. The van der Waals surface area contributed by atoms with Crippen LogP contribution in [0.4, 0.5) is 0 Å². The van der Waals surface area contributed by atoms with E-state index in [4.69, 9.17) is 5.11 Å². The van der Waals surface area contributed by atoms with Crippen LogP contribution in [0, 0.1) is 5.92 Å². The van der Waals surface area contributed by atoms with E-state index in [9.17, 15) is 14.7 Å².